The van der Waals surface area contributed by atoms with Crippen LogP contribution in [-0.4, -0.2) is 83.4 Å². The summed E-state index contributed by atoms with van der Waals surface area (Å²) in [6.07, 6.45) is 8.41. The Hall–Kier alpha value is -1.93. The van der Waals surface area contributed by atoms with Gasteiger partial charge in [-0.25, -0.2) is 0 Å². The molecule has 3 aliphatic rings. The first kappa shape index (κ1) is 19.4. The second-order valence-corrected chi connectivity index (χ2v) is 8.43. The van der Waals surface area contributed by atoms with Crippen molar-refractivity contribution in [3.05, 3.63) is 18.5 Å². The van der Waals surface area contributed by atoms with E-state index in [0.717, 1.165) is 25.6 Å². The van der Waals surface area contributed by atoms with Crippen molar-refractivity contribution in [3.8, 4) is 0 Å². The van der Waals surface area contributed by atoms with E-state index in [0.29, 0.717) is 19.0 Å². The van der Waals surface area contributed by atoms with Gasteiger partial charge in [-0.05, 0) is 56.7 Å². The van der Waals surface area contributed by atoms with Gasteiger partial charge in [0.25, 0.3) is 0 Å². The van der Waals surface area contributed by atoms with Crippen LogP contribution in [0.1, 0.15) is 25.7 Å². The second-order valence-electron chi connectivity index (χ2n) is 8.43. The summed E-state index contributed by atoms with van der Waals surface area (Å²) in [5.41, 5.74) is 0. The van der Waals surface area contributed by atoms with Gasteiger partial charge in [0.15, 0.2) is 0 Å². The van der Waals surface area contributed by atoms with E-state index in [1.54, 1.807) is 23.1 Å². The molecule has 4 rings (SSSR count). The minimum absolute atomic E-state index is 0.0690. The van der Waals surface area contributed by atoms with Crippen molar-refractivity contribution in [1.82, 2.24) is 24.9 Å². The van der Waals surface area contributed by atoms with E-state index in [-0.39, 0.29) is 31.1 Å². The summed E-state index contributed by atoms with van der Waals surface area (Å²) in [6, 6.07) is 1.79. The predicted octanol–water partition coefficient (Wildman–Crippen LogP) is 0.349. The van der Waals surface area contributed by atoms with Crippen molar-refractivity contribution in [3.63, 3.8) is 0 Å². The molecule has 1 aliphatic carbocycles. The maximum atomic E-state index is 12.3. The van der Waals surface area contributed by atoms with E-state index < -0.39 is 0 Å². The third kappa shape index (κ3) is 5.54. The zero-order valence-electron chi connectivity index (χ0n) is 16.5. The molecule has 3 fully saturated rings. The molecule has 0 spiro atoms. The average Bonchev–Trinajstić information content (AvgIpc) is 3.36. The minimum Gasteiger partial charge on any atom is -0.365 e. The Bertz CT molecular complexity index is 653. The highest BCUT2D eigenvalue weighted by Crippen LogP contribution is 2.31. The molecule has 28 heavy (non-hydrogen) atoms. The highest BCUT2D eigenvalue weighted by Gasteiger charge is 2.31. The molecule has 1 unspecified atom stereocenters. The number of carbonyl (C=O) groups excluding carboxylic acids is 2. The average molecular weight is 390 g/mol. The Kier molecular flexibility index (Phi) is 6.26. The summed E-state index contributed by atoms with van der Waals surface area (Å²) < 4.78 is 7.21. The summed E-state index contributed by atoms with van der Waals surface area (Å²) in [7, 11) is 0. The lowest BCUT2D eigenvalue weighted by molar-refractivity contribution is -0.150. The smallest absolute Gasteiger partial charge is 0.248 e. The number of aromatic nitrogens is 2. The largest absolute Gasteiger partial charge is 0.365 e. The first-order valence-electron chi connectivity index (χ1n) is 10.5. The summed E-state index contributed by atoms with van der Waals surface area (Å²) >= 11 is 0. The number of likely N-dealkylation sites (tertiary alicyclic amines) is 1. The van der Waals surface area contributed by atoms with Gasteiger partial charge in [-0.1, -0.05) is 0 Å². The molecule has 1 saturated carbocycles. The Balaban J connectivity index is 1.18. The molecule has 2 amide bonds. The Morgan fingerprint density at radius 3 is 2.68 bits per heavy atom. The van der Waals surface area contributed by atoms with E-state index in [1.165, 1.54) is 32.2 Å². The molecule has 1 aromatic rings. The summed E-state index contributed by atoms with van der Waals surface area (Å²) in [5, 5.41) is 6.92. The van der Waals surface area contributed by atoms with Gasteiger partial charge in [-0.15, -0.1) is 0 Å². The number of carbonyl (C=O) groups is 2. The predicted molar refractivity (Wildman–Crippen MR) is 103 cm³/mol. The lowest BCUT2D eigenvalue weighted by atomic mass is 9.95. The summed E-state index contributed by atoms with van der Waals surface area (Å²) in [4.78, 5) is 28.8. The number of ether oxygens (including phenoxy) is 1. The monoisotopic (exact) mass is 389 g/mol. The number of hydrogen-bond donors (Lipinski definition) is 1. The number of morpholine rings is 1. The molecule has 0 radical (unpaired) electrons. The fourth-order valence-electron chi connectivity index (χ4n) is 4.13. The maximum absolute atomic E-state index is 12.3. The molecule has 0 bridgehead atoms. The van der Waals surface area contributed by atoms with Crippen LogP contribution in [0.3, 0.4) is 0 Å². The number of nitrogens with zero attached hydrogens (tertiary/aromatic N) is 4. The third-order valence-electron chi connectivity index (χ3n) is 6.01. The standard InChI is InChI=1S/C20H31N5O3/c26-19(14-25-7-1-6-22-25)21-10-18-13-24(20(27)15-28-18)12-17-4-8-23(9-5-17)11-16-2-3-16/h1,6-7,16-18H,2-5,8-15H2,(H,21,26). The SMILES string of the molecule is O=C(Cn1cccn1)NCC1CN(CC2CCN(CC3CC3)CC2)C(=O)CO1. The van der Waals surface area contributed by atoms with Gasteiger partial charge in [-0.2, -0.15) is 5.10 Å². The molecule has 8 nitrogen and oxygen atoms in total. The lowest BCUT2D eigenvalue weighted by Gasteiger charge is -2.38. The second kappa shape index (κ2) is 9.05. The normalized spacial score (nSPS) is 24.5. The van der Waals surface area contributed by atoms with Crippen LogP contribution in [0.4, 0.5) is 0 Å². The van der Waals surface area contributed by atoms with Crippen molar-refractivity contribution in [1.29, 1.82) is 0 Å². The molecule has 3 heterocycles. The zero-order chi connectivity index (χ0) is 19.3. The van der Waals surface area contributed by atoms with Gasteiger partial charge >= 0.3 is 0 Å². The molecular weight excluding hydrogens is 358 g/mol. The van der Waals surface area contributed by atoms with Crippen LogP contribution in [0.15, 0.2) is 18.5 Å². The minimum atomic E-state index is -0.144. The molecule has 1 aromatic heterocycles. The lowest BCUT2D eigenvalue weighted by Crippen LogP contribution is -2.52. The van der Waals surface area contributed by atoms with Crippen LogP contribution in [-0.2, 0) is 20.9 Å². The van der Waals surface area contributed by atoms with Gasteiger partial charge < -0.3 is 19.9 Å². The van der Waals surface area contributed by atoms with E-state index in [1.807, 2.05) is 4.90 Å². The summed E-state index contributed by atoms with van der Waals surface area (Å²) in [5.74, 6) is 1.49. The molecule has 8 heteroatoms. The van der Waals surface area contributed by atoms with Crippen LogP contribution < -0.4 is 5.32 Å². The van der Waals surface area contributed by atoms with Crippen LogP contribution in [0, 0.1) is 11.8 Å². The van der Waals surface area contributed by atoms with Crippen LogP contribution >= 0.6 is 0 Å². The van der Waals surface area contributed by atoms with E-state index in [4.69, 9.17) is 4.74 Å². The zero-order valence-corrected chi connectivity index (χ0v) is 16.5. The molecule has 2 aliphatic heterocycles. The highest BCUT2D eigenvalue weighted by atomic mass is 16.5. The van der Waals surface area contributed by atoms with Crippen LogP contribution in [0.2, 0.25) is 0 Å². The number of amides is 2. The van der Waals surface area contributed by atoms with Gasteiger partial charge in [0.05, 0.1) is 6.10 Å². The quantitative estimate of drug-likeness (QED) is 0.694. The molecule has 154 valence electrons. The number of hydrogen-bond acceptors (Lipinski definition) is 5. The molecule has 1 atom stereocenters. The molecular formula is C20H31N5O3. The van der Waals surface area contributed by atoms with Crippen LogP contribution in [0.25, 0.3) is 0 Å². The van der Waals surface area contributed by atoms with E-state index in [9.17, 15) is 9.59 Å². The van der Waals surface area contributed by atoms with Crippen LogP contribution in [0.5, 0.6) is 0 Å². The summed E-state index contributed by atoms with van der Waals surface area (Å²) in [6.45, 7) is 5.69. The first-order chi connectivity index (χ1) is 13.7. The molecule has 1 N–H and O–H groups in total. The van der Waals surface area contributed by atoms with Crippen molar-refractivity contribution in [2.24, 2.45) is 11.8 Å². The van der Waals surface area contributed by atoms with Crippen molar-refractivity contribution >= 4 is 11.8 Å². The van der Waals surface area contributed by atoms with Gasteiger partial charge in [0.1, 0.15) is 13.2 Å². The Labute approximate surface area is 166 Å². The van der Waals surface area contributed by atoms with E-state index >= 15 is 0 Å². The third-order valence-corrected chi connectivity index (χ3v) is 6.01. The number of nitrogens with one attached hydrogen (secondary N) is 1. The highest BCUT2D eigenvalue weighted by molar-refractivity contribution is 5.78. The van der Waals surface area contributed by atoms with Crippen molar-refractivity contribution in [2.75, 3.05) is 45.9 Å². The number of rotatable bonds is 8. The Morgan fingerprint density at radius 2 is 1.96 bits per heavy atom. The van der Waals surface area contributed by atoms with Crippen molar-refractivity contribution < 1.29 is 14.3 Å². The van der Waals surface area contributed by atoms with Gasteiger partial charge in [0, 0.05) is 38.6 Å². The van der Waals surface area contributed by atoms with Gasteiger partial charge in [0.2, 0.25) is 11.8 Å². The maximum Gasteiger partial charge on any atom is 0.248 e. The Morgan fingerprint density at radius 1 is 1.18 bits per heavy atom. The van der Waals surface area contributed by atoms with Crippen molar-refractivity contribution in [2.45, 2.75) is 38.3 Å². The molecule has 2 saturated heterocycles. The topological polar surface area (TPSA) is 79.7 Å². The van der Waals surface area contributed by atoms with E-state index in [2.05, 4.69) is 15.3 Å². The fourth-order valence-corrected chi connectivity index (χ4v) is 4.13. The fraction of sp³-hybridized carbons (Fsp3) is 0.750. The first-order valence-corrected chi connectivity index (χ1v) is 10.5. The number of piperidine rings is 1. The molecule has 0 aromatic carbocycles. The van der Waals surface area contributed by atoms with Gasteiger partial charge in [-0.3, -0.25) is 14.3 Å².